The summed E-state index contributed by atoms with van der Waals surface area (Å²) in [6.45, 7) is 5.05. The predicted octanol–water partition coefficient (Wildman–Crippen LogP) is 4.15. The number of hydrogen-bond donors (Lipinski definition) is 1. The van der Waals surface area contributed by atoms with Gasteiger partial charge in [-0.05, 0) is 37.1 Å². The third-order valence-corrected chi connectivity index (χ3v) is 3.93. The van der Waals surface area contributed by atoms with E-state index in [0.29, 0.717) is 11.1 Å². The molecule has 108 valence electrons. The Hall–Kier alpha value is -1.84. The van der Waals surface area contributed by atoms with Crippen molar-refractivity contribution in [2.45, 2.75) is 26.4 Å². The zero-order valence-electron chi connectivity index (χ0n) is 12.2. The van der Waals surface area contributed by atoms with Crippen LogP contribution >= 0.6 is 11.6 Å². The summed E-state index contributed by atoms with van der Waals surface area (Å²) < 4.78 is 1.96. The van der Waals surface area contributed by atoms with E-state index in [1.165, 1.54) is 11.1 Å². The highest BCUT2D eigenvalue weighted by Gasteiger charge is 2.08. The second-order valence-electron chi connectivity index (χ2n) is 5.30. The lowest BCUT2D eigenvalue weighted by atomic mass is 10.0. The Labute approximate surface area is 129 Å². The van der Waals surface area contributed by atoms with Crippen molar-refractivity contribution in [1.29, 1.82) is 0 Å². The molecule has 0 saturated heterocycles. The number of halogens is 1. The maximum atomic E-state index is 5.99. The number of imidazole rings is 1. The van der Waals surface area contributed by atoms with E-state index in [1.54, 1.807) is 0 Å². The van der Waals surface area contributed by atoms with Gasteiger partial charge < -0.3 is 9.72 Å². The zero-order chi connectivity index (χ0) is 14.8. The van der Waals surface area contributed by atoms with Gasteiger partial charge in [-0.15, -0.1) is 0 Å². The van der Waals surface area contributed by atoms with Gasteiger partial charge in [-0.3, -0.25) is 0 Å². The first kappa shape index (κ1) is 14.1. The predicted molar refractivity (Wildman–Crippen MR) is 86.6 cm³/mol. The Morgan fingerprint density at radius 2 is 2.00 bits per heavy atom. The molecule has 0 fully saturated rings. The molecule has 1 aromatic carbocycles. The molecule has 4 heteroatoms. The molecule has 0 amide bonds. The third kappa shape index (κ3) is 3.09. The molecule has 0 radical (unpaired) electrons. The molecule has 0 bridgehead atoms. The summed E-state index contributed by atoms with van der Waals surface area (Å²) in [5.41, 5.74) is 4.56. The minimum Gasteiger partial charge on any atom is -0.305 e. The van der Waals surface area contributed by atoms with Gasteiger partial charge in [0, 0.05) is 25.0 Å². The Morgan fingerprint density at radius 1 is 1.19 bits per heavy atom. The monoisotopic (exact) mass is 299 g/mol. The van der Waals surface area contributed by atoms with Crippen molar-refractivity contribution < 1.29 is 0 Å². The second-order valence-corrected chi connectivity index (χ2v) is 5.74. The maximum absolute atomic E-state index is 5.99. The third-order valence-electron chi connectivity index (χ3n) is 3.71. The minimum atomic E-state index is 0.291. The highest BCUT2D eigenvalue weighted by atomic mass is 35.5. The van der Waals surface area contributed by atoms with E-state index in [1.807, 2.05) is 28.9 Å². The lowest BCUT2D eigenvalue weighted by Gasteiger charge is -2.15. The van der Waals surface area contributed by atoms with Crippen LogP contribution in [0.4, 0.5) is 0 Å². The Balaban J connectivity index is 1.73. The number of rotatable bonds is 4. The summed E-state index contributed by atoms with van der Waals surface area (Å²) in [7, 11) is 0. The van der Waals surface area contributed by atoms with Crippen molar-refractivity contribution in [2.75, 3.05) is 0 Å². The standard InChI is InChI=1S/C17H18ClN3/c1-12-5-3-4-6-16(12)13(2)19-9-15-11-21-10-14(18)7-8-17(21)20-15/h3-8,10-11,13,19H,9H2,1-2H3/t13-/m0/s1. The molecular weight excluding hydrogens is 282 g/mol. The first-order valence-electron chi connectivity index (χ1n) is 7.05. The molecule has 1 N–H and O–H groups in total. The van der Waals surface area contributed by atoms with Gasteiger partial charge in [-0.1, -0.05) is 35.9 Å². The van der Waals surface area contributed by atoms with Crippen molar-refractivity contribution in [3.63, 3.8) is 0 Å². The molecule has 21 heavy (non-hydrogen) atoms. The molecule has 1 atom stereocenters. The summed E-state index contributed by atoms with van der Waals surface area (Å²) >= 11 is 5.99. The minimum absolute atomic E-state index is 0.291. The van der Waals surface area contributed by atoms with E-state index in [-0.39, 0.29) is 0 Å². The normalized spacial score (nSPS) is 12.7. The molecule has 3 nitrogen and oxygen atoms in total. The lowest BCUT2D eigenvalue weighted by Crippen LogP contribution is -2.19. The molecule has 2 heterocycles. The highest BCUT2D eigenvalue weighted by Crippen LogP contribution is 2.17. The van der Waals surface area contributed by atoms with Gasteiger partial charge in [-0.2, -0.15) is 0 Å². The number of aromatic nitrogens is 2. The van der Waals surface area contributed by atoms with Gasteiger partial charge in [0.05, 0.1) is 10.7 Å². The molecule has 3 aromatic rings. The van der Waals surface area contributed by atoms with Crippen molar-refractivity contribution in [3.8, 4) is 0 Å². The van der Waals surface area contributed by atoms with Crippen molar-refractivity contribution in [1.82, 2.24) is 14.7 Å². The first-order chi connectivity index (χ1) is 10.1. The molecule has 0 aliphatic rings. The highest BCUT2D eigenvalue weighted by molar-refractivity contribution is 6.30. The van der Waals surface area contributed by atoms with Crippen LogP contribution in [0.1, 0.15) is 29.8 Å². The van der Waals surface area contributed by atoms with Crippen molar-refractivity contribution >= 4 is 17.2 Å². The quantitative estimate of drug-likeness (QED) is 0.784. The van der Waals surface area contributed by atoms with Gasteiger partial charge in [0.2, 0.25) is 0 Å². The fraction of sp³-hybridized carbons (Fsp3) is 0.235. The van der Waals surface area contributed by atoms with Crippen molar-refractivity contribution in [3.05, 3.63) is 70.6 Å². The number of nitrogens with one attached hydrogen (secondary N) is 1. The lowest BCUT2D eigenvalue weighted by molar-refractivity contribution is 0.567. The summed E-state index contributed by atoms with van der Waals surface area (Å²) in [4.78, 5) is 4.58. The van der Waals surface area contributed by atoms with E-state index in [2.05, 4.69) is 48.4 Å². The van der Waals surface area contributed by atoms with Gasteiger partial charge >= 0.3 is 0 Å². The Morgan fingerprint density at radius 3 is 2.81 bits per heavy atom. The van der Waals surface area contributed by atoms with Crippen LogP contribution in [0.5, 0.6) is 0 Å². The number of hydrogen-bond acceptors (Lipinski definition) is 2. The number of aryl methyl sites for hydroxylation is 1. The van der Waals surface area contributed by atoms with Gasteiger partial charge in [-0.25, -0.2) is 4.98 Å². The average molecular weight is 300 g/mol. The topological polar surface area (TPSA) is 29.3 Å². The fourth-order valence-electron chi connectivity index (χ4n) is 2.54. The summed E-state index contributed by atoms with van der Waals surface area (Å²) in [5.74, 6) is 0. The molecular formula is C17H18ClN3. The zero-order valence-corrected chi connectivity index (χ0v) is 12.9. The van der Waals surface area contributed by atoms with Crippen LogP contribution < -0.4 is 5.32 Å². The number of nitrogens with zero attached hydrogens (tertiary/aromatic N) is 2. The number of fused-ring (bicyclic) bond motifs is 1. The summed E-state index contributed by atoms with van der Waals surface area (Å²) in [5, 5.41) is 4.24. The summed E-state index contributed by atoms with van der Waals surface area (Å²) in [6.07, 6.45) is 3.89. The van der Waals surface area contributed by atoms with Crippen LogP contribution in [0.25, 0.3) is 5.65 Å². The smallest absolute Gasteiger partial charge is 0.137 e. The first-order valence-corrected chi connectivity index (χ1v) is 7.43. The van der Waals surface area contributed by atoms with Gasteiger partial charge in [0.1, 0.15) is 5.65 Å². The van der Waals surface area contributed by atoms with Gasteiger partial charge in [0.15, 0.2) is 0 Å². The van der Waals surface area contributed by atoms with E-state index in [0.717, 1.165) is 17.9 Å². The van der Waals surface area contributed by atoms with Crippen molar-refractivity contribution in [2.24, 2.45) is 0 Å². The second kappa shape index (κ2) is 5.88. The van der Waals surface area contributed by atoms with Crippen LogP contribution in [0, 0.1) is 6.92 Å². The Kier molecular flexibility index (Phi) is 3.95. The summed E-state index contributed by atoms with van der Waals surface area (Å²) in [6, 6.07) is 12.5. The van der Waals surface area contributed by atoms with E-state index in [4.69, 9.17) is 11.6 Å². The molecule has 0 saturated carbocycles. The Bertz CT molecular complexity index is 764. The average Bonchev–Trinajstić information content (AvgIpc) is 2.87. The molecule has 0 aliphatic carbocycles. The van der Waals surface area contributed by atoms with Crippen LogP contribution in [0.3, 0.4) is 0 Å². The molecule has 0 spiro atoms. The molecule has 0 unspecified atom stereocenters. The number of pyridine rings is 1. The fourth-order valence-corrected chi connectivity index (χ4v) is 2.71. The van der Waals surface area contributed by atoms with Crippen LogP contribution in [0.15, 0.2) is 48.8 Å². The van der Waals surface area contributed by atoms with Crippen LogP contribution in [-0.2, 0) is 6.54 Å². The maximum Gasteiger partial charge on any atom is 0.137 e. The molecule has 0 aliphatic heterocycles. The molecule has 2 aromatic heterocycles. The van der Waals surface area contributed by atoms with E-state index in [9.17, 15) is 0 Å². The van der Waals surface area contributed by atoms with E-state index >= 15 is 0 Å². The largest absolute Gasteiger partial charge is 0.305 e. The SMILES string of the molecule is Cc1ccccc1[C@H](C)NCc1cn2cc(Cl)ccc2n1. The van der Waals surface area contributed by atoms with Crippen LogP contribution in [-0.4, -0.2) is 9.38 Å². The van der Waals surface area contributed by atoms with E-state index < -0.39 is 0 Å². The molecule has 3 rings (SSSR count). The number of benzene rings is 1. The van der Waals surface area contributed by atoms with Crippen LogP contribution in [0.2, 0.25) is 5.02 Å². The van der Waals surface area contributed by atoms with Gasteiger partial charge in [0.25, 0.3) is 0 Å².